The van der Waals surface area contributed by atoms with E-state index in [-0.39, 0.29) is 18.3 Å². The molecule has 128 valence electrons. The highest BCUT2D eigenvalue weighted by atomic mass is 79.9. The van der Waals surface area contributed by atoms with Crippen LogP contribution in [0.25, 0.3) is 0 Å². The van der Waals surface area contributed by atoms with Crippen LogP contribution in [0.15, 0.2) is 33.3 Å². The fourth-order valence-electron chi connectivity index (χ4n) is 1.88. The molecule has 1 aromatic heterocycles. The fourth-order valence-corrected chi connectivity index (χ4v) is 3.23. The number of thioether (sulfide) groups is 1. The second-order valence-corrected chi connectivity index (χ2v) is 6.82. The third-order valence-electron chi connectivity index (χ3n) is 3.16. The zero-order valence-corrected chi connectivity index (χ0v) is 15.7. The van der Waals surface area contributed by atoms with Crippen LogP contribution >= 0.6 is 27.7 Å². The van der Waals surface area contributed by atoms with Crippen molar-refractivity contribution in [2.75, 3.05) is 17.7 Å². The van der Waals surface area contributed by atoms with Crippen molar-refractivity contribution in [2.24, 2.45) is 0 Å². The van der Waals surface area contributed by atoms with Gasteiger partial charge in [-0.15, -0.1) is 11.8 Å². The number of halogens is 1. The van der Waals surface area contributed by atoms with E-state index in [1.165, 1.54) is 11.8 Å². The lowest BCUT2D eigenvalue weighted by Crippen LogP contribution is -2.21. The fraction of sp³-hybridized carbons (Fsp3) is 0.312. The van der Waals surface area contributed by atoms with Gasteiger partial charge in [0.2, 0.25) is 0 Å². The maximum Gasteiger partial charge on any atom is 0.316 e. The molecular weight excluding hydrogens is 396 g/mol. The summed E-state index contributed by atoms with van der Waals surface area (Å²) in [6.07, 6.45) is 0. The van der Waals surface area contributed by atoms with Crippen molar-refractivity contribution < 1.29 is 18.8 Å². The Morgan fingerprint density at radius 1 is 1.33 bits per heavy atom. The number of nitrogens with zero attached hydrogens (tertiary/aromatic N) is 1. The monoisotopic (exact) mass is 412 g/mol. The smallest absolute Gasteiger partial charge is 0.316 e. The summed E-state index contributed by atoms with van der Waals surface area (Å²) in [5.74, 6) is 0.701. The number of para-hydroxylation sites is 1. The van der Waals surface area contributed by atoms with Crippen molar-refractivity contribution in [1.29, 1.82) is 0 Å². The first-order chi connectivity index (χ1) is 11.5. The van der Waals surface area contributed by atoms with Crippen molar-refractivity contribution in [1.82, 2.24) is 5.16 Å². The normalized spacial score (nSPS) is 10.5. The van der Waals surface area contributed by atoms with E-state index in [1.807, 2.05) is 26.0 Å². The molecule has 0 fully saturated rings. The number of hydrogen-bond donors (Lipinski definition) is 1. The highest BCUT2D eigenvalue weighted by molar-refractivity contribution is 9.10. The Morgan fingerprint density at radius 2 is 2.08 bits per heavy atom. The highest BCUT2D eigenvalue weighted by Crippen LogP contribution is 2.21. The van der Waals surface area contributed by atoms with E-state index in [0.717, 1.165) is 21.5 Å². The number of ether oxygens (including phenoxy) is 1. The van der Waals surface area contributed by atoms with Crippen molar-refractivity contribution in [3.8, 4) is 0 Å². The summed E-state index contributed by atoms with van der Waals surface area (Å²) >= 11 is 4.72. The van der Waals surface area contributed by atoms with Gasteiger partial charge in [0.1, 0.15) is 5.76 Å². The molecule has 0 aliphatic carbocycles. The molecule has 0 saturated carbocycles. The van der Waals surface area contributed by atoms with E-state index in [0.29, 0.717) is 11.4 Å². The molecule has 0 aliphatic heterocycles. The van der Waals surface area contributed by atoms with E-state index >= 15 is 0 Å². The lowest BCUT2D eigenvalue weighted by atomic mass is 10.2. The van der Waals surface area contributed by atoms with Crippen LogP contribution in [0.3, 0.4) is 0 Å². The number of esters is 1. The van der Waals surface area contributed by atoms with Gasteiger partial charge in [0.05, 0.1) is 17.1 Å². The van der Waals surface area contributed by atoms with E-state index < -0.39 is 5.97 Å². The average molecular weight is 413 g/mol. The van der Waals surface area contributed by atoms with Crippen molar-refractivity contribution in [2.45, 2.75) is 19.6 Å². The third kappa shape index (κ3) is 5.38. The molecule has 1 N–H and O–H groups in total. The number of carbonyl (C=O) groups is 2. The Kier molecular flexibility index (Phi) is 6.86. The van der Waals surface area contributed by atoms with Gasteiger partial charge in [0.15, 0.2) is 6.61 Å². The topological polar surface area (TPSA) is 81.4 Å². The number of aryl methyl sites for hydroxylation is 2. The van der Waals surface area contributed by atoms with E-state index in [2.05, 4.69) is 26.4 Å². The van der Waals surface area contributed by atoms with Crippen molar-refractivity contribution in [3.63, 3.8) is 0 Å². The zero-order valence-electron chi connectivity index (χ0n) is 13.3. The molecule has 0 aliphatic rings. The molecule has 1 aromatic carbocycles. The summed E-state index contributed by atoms with van der Waals surface area (Å²) in [5, 5.41) is 6.53. The molecule has 6 nitrogen and oxygen atoms in total. The minimum Gasteiger partial charge on any atom is -0.455 e. The molecule has 0 radical (unpaired) electrons. The van der Waals surface area contributed by atoms with Crippen LogP contribution in [0.1, 0.15) is 17.0 Å². The Hall–Kier alpha value is -1.80. The number of carbonyl (C=O) groups excluding carboxylic acids is 2. The predicted octanol–water partition coefficient (Wildman–Crippen LogP) is 3.47. The number of amides is 1. The van der Waals surface area contributed by atoms with Gasteiger partial charge in [-0.1, -0.05) is 17.3 Å². The average Bonchev–Trinajstić information content (AvgIpc) is 2.87. The summed E-state index contributed by atoms with van der Waals surface area (Å²) in [6.45, 7) is 3.38. The molecule has 24 heavy (non-hydrogen) atoms. The maximum atomic E-state index is 11.8. The Bertz CT molecular complexity index is 713. The van der Waals surface area contributed by atoms with Crippen molar-refractivity contribution >= 4 is 45.3 Å². The number of aromatic nitrogens is 1. The van der Waals surface area contributed by atoms with Gasteiger partial charge < -0.3 is 14.6 Å². The minimum atomic E-state index is -0.436. The van der Waals surface area contributed by atoms with Gasteiger partial charge in [-0.05, 0) is 41.9 Å². The molecule has 2 rings (SSSR count). The van der Waals surface area contributed by atoms with Gasteiger partial charge in [-0.25, -0.2) is 0 Å². The van der Waals surface area contributed by atoms with Gasteiger partial charge >= 0.3 is 5.97 Å². The molecule has 0 atom stereocenters. The SMILES string of the molecule is Cc1noc(C)c1CSCC(=O)OCC(=O)Nc1ccccc1Br. The first kappa shape index (κ1) is 18.5. The molecule has 0 spiro atoms. The van der Waals surface area contributed by atoms with Gasteiger partial charge in [0.25, 0.3) is 5.91 Å². The zero-order chi connectivity index (χ0) is 17.5. The molecule has 8 heteroatoms. The van der Waals surface area contributed by atoms with Crippen LogP contribution in [0, 0.1) is 13.8 Å². The number of nitrogens with one attached hydrogen (secondary N) is 1. The van der Waals surface area contributed by atoms with Gasteiger partial charge in [-0.2, -0.15) is 0 Å². The summed E-state index contributed by atoms with van der Waals surface area (Å²) in [6, 6.07) is 7.21. The lowest BCUT2D eigenvalue weighted by molar-refractivity contribution is -0.144. The molecule has 0 bridgehead atoms. The van der Waals surface area contributed by atoms with Crippen LogP contribution in [-0.2, 0) is 20.1 Å². The van der Waals surface area contributed by atoms with E-state index in [4.69, 9.17) is 9.26 Å². The summed E-state index contributed by atoms with van der Waals surface area (Å²) in [7, 11) is 0. The van der Waals surface area contributed by atoms with Gasteiger partial charge in [0, 0.05) is 15.8 Å². The molecular formula is C16H17BrN2O4S. The number of hydrogen-bond acceptors (Lipinski definition) is 6. The molecule has 1 heterocycles. The first-order valence-corrected chi connectivity index (χ1v) is 9.11. The maximum absolute atomic E-state index is 11.8. The number of benzene rings is 1. The lowest BCUT2D eigenvalue weighted by Gasteiger charge is -2.08. The summed E-state index contributed by atoms with van der Waals surface area (Å²) in [4.78, 5) is 23.5. The largest absolute Gasteiger partial charge is 0.455 e. The predicted molar refractivity (Wildman–Crippen MR) is 95.9 cm³/mol. The second kappa shape index (κ2) is 8.89. The van der Waals surface area contributed by atoms with Crippen LogP contribution in [0.5, 0.6) is 0 Å². The van der Waals surface area contributed by atoms with Crippen LogP contribution in [0.2, 0.25) is 0 Å². The Labute approximate surface area is 152 Å². The quantitative estimate of drug-likeness (QED) is 0.701. The number of rotatable bonds is 7. The summed E-state index contributed by atoms with van der Waals surface area (Å²) < 4.78 is 10.8. The standard InChI is InChI=1S/C16H17BrN2O4S/c1-10-12(11(2)23-19-10)8-24-9-16(21)22-7-15(20)18-14-6-4-3-5-13(14)17/h3-6H,7-9H2,1-2H3,(H,18,20). The molecule has 0 saturated heterocycles. The van der Waals surface area contributed by atoms with E-state index in [1.54, 1.807) is 12.1 Å². The van der Waals surface area contributed by atoms with Crippen LogP contribution in [0.4, 0.5) is 5.69 Å². The van der Waals surface area contributed by atoms with E-state index in [9.17, 15) is 9.59 Å². The Morgan fingerprint density at radius 3 is 2.75 bits per heavy atom. The number of anilines is 1. The molecule has 1 amide bonds. The summed E-state index contributed by atoms with van der Waals surface area (Å²) in [5.41, 5.74) is 2.44. The van der Waals surface area contributed by atoms with Crippen molar-refractivity contribution in [3.05, 3.63) is 45.8 Å². The van der Waals surface area contributed by atoms with Gasteiger partial charge in [-0.3, -0.25) is 9.59 Å². The third-order valence-corrected chi connectivity index (χ3v) is 4.78. The second-order valence-electron chi connectivity index (χ2n) is 4.98. The van der Waals surface area contributed by atoms with Crippen LogP contribution < -0.4 is 5.32 Å². The first-order valence-electron chi connectivity index (χ1n) is 7.17. The highest BCUT2D eigenvalue weighted by Gasteiger charge is 2.12. The molecule has 0 unspecified atom stereocenters. The minimum absolute atomic E-state index is 0.159. The Balaban J connectivity index is 1.69. The van der Waals surface area contributed by atoms with Crippen LogP contribution in [-0.4, -0.2) is 29.4 Å². The molecule has 2 aromatic rings.